The van der Waals surface area contributed by atoms with Gasteiger partial charge in [0.1, 0.15) is 0 Å². The lowest BCUT2D eigenvalue weighted by Crippen LogP contribution is -1.93. The lowest BCUT2D eigenvalue weighted by Gasteiger charge is -1.95. The molecule has 0 aliphatic heterocycles. The Hall–Kier alpha value is -0.800. The number of aromatic amines is 1. The van der Waals surface area contributed by atoms with Crippen molar-refractivity contribution in [2.75, 3.05) is 0 Å². The fraction of sp³-hybridized carbons (Fsp3) is 0.200. The van der Waals surface area contributed by atoms with E-state index < -0.39 is 6.29 Å². The van der Waals surface area contributed by atoms with Crippen LogP contribution in [0, 0.1) is 0 Å². The fourth-order valence-corrected chi connectivity index (χ4v) is 0.505. The largest absolute Gasteiger partial charge is 0.363 e. The van der Waals surface area contributed by atoms with Gasteiger partial charge in [-0.2, -0.15) is 0 Å². The van der Waals surface area contributed by atoms with E-state index in [0.717, 1.165) is 0 Å². The topological polar surface area (TPSA) is 56.2 Å². The van der Waals surface area contributed by atoms with Crippen molar-refractivity contribution in [2.45, 2.75) is 6.29 Å². The molecular formula is C5H7NO2. The van der Waals surface area contributed by atoms with E-state index in [-0.39, 0.29) is 0 Å². The number of H-pyrrole nitrogens is 1. The van der Waals surface area contributed by atoms with Gasteiger partial charge in [-0.05, 0) is 12.1 Å². The van der Waals surface area contributed by atoms with Gasteiger partial charge >= 0.3 is 0 Å². The van der Waals surface area contributed by atoms with Crippen LogP contribution in [0.15, 0.2) is 18.3 Å². The summed E-state index contributed by atoms with van der Waals surface area (Å²) in [5, 5.41) is 16.9. The van der Waals surface area contributed by atoms with Gasteiger partial charge in [-0.1, -0.05) is 0 Å². The summed E-state index contributed by atoms with van der Waals surface area (Å²) in [5.74, 6) is 0. The third-order valence-electron chi connectivity index (χ3n) is 0.900. The Morgan fingerprint density at radius 2 is 2.25 bits per heavy atom. The smallest absolute Gasteiger partial charge is 0.193 e. The van der Waals surface area contributed by atoms with Crippen LogP contribution in [0.3, 0.4) is 0 Å². The molecule has 1 aromatic heterocycles. The average molecular weight is 113 g/mol. The predicted octanol–water partition coefficient (Wildman–Crippen LogP) is -0.00210. The van der Waals surface area contributed by atoms with Crippen LogP contribution in [0.2, 0.25) is 0 Å². The molecule has 1 heterocycles. The third-order valence-corrected chi connectivity index (χ3v) is 0.900. The first-order valence-corrected chi connectivity index (χ1v) is 2.30. The highest BCUT2D eigenvalue weighted by Crippen LogP contribution is 2.03. The van der Waals surface area contributed by atoms with Crippen LogP contribution >= 0.6 is 0 Å². The minimum absolute atomic E-state index is 0.421. The van der Waals surface area contributed by atoms with Gasteiger partial charge in [0, 0.05) is 6.20 Å². The van der Waals surface area contributed by atoms with Gasteiger partial charge in [-0.15, -0.1) is 0 Å². The summed E-state index contributed by atoms with van der Waals surface area (Å²) < 4.78 is 0. The molecule has 0 bridgehead atoms. The van der Waals surface area contributed by atoms with Gasteiger partial charge in [0.2, 0.25) is 0 Å². The average Bonchev–Trinajstić information content (AvgIpc) is 2.12. The summed E-state index contributed by atoms with van der Waals surface area (Å²) in [6.07, 6.45) is 0.263. The van der Waals surface area contributed by atoms with Crippen molar-refractivity contribution in [3.8, 4) is 0 Å². The first kappa shape index (κ1) is 5.34. The van der Waals surface area contributed by atoms with Gasteiger partial charge in [0.25, 0.3) is 0 Å². The maximum Gasteiger partial charge on any atom is 0.193 e. The molecule has 0 saturated heterocycles. The van der Waals surface area contributed by atoms with E-state index in [0.29, 0.717) is 5.69 Å². The van der Waals surface area contributed by atoms with Gasteiger partial charge in [-0.3, -0.25) is 0 Å². The molecule has 0 amide bonds. The number of nitrogens with one attached hydrogen (secondary N) is 1. The van der Waals surface area contributed by atoms with Crippen molar-refractivity contribution in [3.63, 3.8) is 0 Å². The second kappa shape index (κ2) is 1.98. The molecule has 3 N–H and O–H groups in total. The highest BCUT2D eigenvalue weighted by atomic mass is 16.5. The Kier molecular flexibility index (Phi) is 1.32. The number of aliphatic hydroxyl groups is 2. The van der Waals surface area contributed by atoms with E-state index in [2.05, 4.69) is 4.98 Å². The van der Waals surface area contributed by atoms with Gasteiger partial charge in [-0.25, -0.2) is 0 Å². The zero-order chi connectivity index (χ0) is 5.98. The Bertz CT molecular complexity index is 145. The normalized spacial score (nSPS) is 10.4. The van der Waals surface area contributed by atoms with Crippen molar-refractivity contribution in [3.05, 3.63) is 24.0 Å². The molecule has 3 heteroatoms. The van der Waals surface area contributed by atoms with Gasteiger partial charge in [0.15, 0.2) is 6.29 Å². The summed E-state index contributed by atoms with van der Waals surface area (Å²) >= 11 is 0. The fourth-order valence-electron chi connectivity index (χ4n) is 0.505. The first-order valence-electron chi connectivity index (χ1n) is 2.30. The molecule has 1 rings (SSSR count). The summed E-state index contributed by atoms with van der Waals surface area (Å²) in [4.78, 5) is 2.64. The van der Waals surface area contributed by atoms with Crippen molar-refractivity contribution in [1.82, 2.24) is 4.98 Å². The highest BCUT2D eigenvalue weighted by Gasteiger charge is 1.98. The molecule has 0 unspecified atom stereocenters. The molecule has 8 heavy (non-hydrogen) atoms. The van der Waals surface area contributed by atoms with Crippen molar-refractivity contribution in [1.29, 1.82) is 0 Å². The molecule has 0 atom stereocenters. The van der Waals surface area contributed by atoms with Crippen LogP contribution in [0.5, 0.6) is 0 Å². The maximum atomic E-state index is 8.44. The molecule has 0 aliphatic carbocycles. The Balaban J connectivity index is 2.77. The van der Waals surface area contributed by atoms with E-state index in [1.165, 1.54) is 0 Å². The van der Waals surface area contributed by atoms with Crippen LogP contribution in [-0.2, 0) is 0 Å². The second-order valence-corrected chi connectivity index (χ2v) is 1.50. The van der Waals surface area contributed by atoms with E-state index in [4.69, 9.17) is 10.2 Å². The molecule has 44 valence electrons. The number of hydrogen-bond acceptors (Lipinski definition) is 2. The second-order valence-electron chi connectivity index (χ2n) is 1.50. The Labute approximate surface area is 46.6 Å². The Morgan fingerprint density at radius 1 is 1.50 bits per heavy atom. The number of hydrogen-bond donors (Lipinski definition) is 3. The minimum atomic E-state index is -1.37. The first-order chi connectivity index (χ1) is 3.80. The van der Waals surface area contributed by atoms with Gasteiger partial charge < -0.3 is 15.2 Å². The summed E-state index contributed by atoms with van der Waals surface area (Å²) in [5.41, 5.74) is 0.421. The quantitative estimate of drug-likeness (QED) is 0.449. The molecule has 0 fully saturated rings. The maximum absolute atomic E-state index is 8.44. The SMILES string of the molecule is OC(O)c1ccc[nH]1. The standard InChI is InChI=1S/C5H7NO2/c7-5(8)4-2-1-3-6-4/h1-3,5-8H. The number of aliphatic hydroxyl groups excluding tert-OH is 1. The van der Waals surface area contributed by atoms with Crippen molar-refractivity contribution >= 4 is 0 Å². The van der Waals surface area contributed by atoms with Crippen LogP contribution in [0.25, 0.3) is 0 Å². The van der Waals surface area contributed by atoms with E-state index in [9.17, 15) is 0 Å². The van der Waals surface area contributed by atoms with Gasteiger partial charge in [0.05, 0.1) is 5.69 Å². The zero-order valence-corrected chi connectivity index (χ0v) is 4.20. The van der Waals surface area contributed by atoms with Crippen LogP contribution in [-0.4, -0.2) is 15.2 Å². The van der Waals surface area contributed by atoms with Crippen molar-refractivity contribution < 1.29 is 10.2 Å². The Morgan fingerprint density at radius 3 is 2.50 bits per heavy atom. The predicted molar refractivity (Wildman–Crippen MR) is 28.0 cm³/mol. The summed E-state index contributed by atoms with van der Waals surface area (Å²) in [6, 6.07) is 3.30. The van der Waals surface area contributed by atoms with E-state index >= 15 is 0 Å². The molecule has 0 spiro atoms. The number of aromatic nitrogens is 1. The molecule has 0 aliphatic rings. The molecular weight excluding hydrogens is 106 g/mol. The monoisotopic (exact) mass is 113 g/mol. The lowest BCUT2D eigenvalue weighted by atomic mass is 10.4. The van der Waals surface area contributed by atoms with Crippen LogP contribution < -0.4 is 0 Å². The molecule has 0 radical (unpaired) electrons. The molecule has 0 saturated carbocycles. The summed E-state index contributed by atoms with van der Waals surface area (Å²) in [7, 11) is 0. The zero-order valence-electron chi connectivity index (χ0n) is 4.20. The van der Waals surface area contributed by atoms with Crippen LogP contribution in [0.1, 0.15) is 12.0 Å². The lowest BCUT2D eigenvalue weighted by molar-refractivity contribution is -0.0454. The minimum Gasteiger partial charge on any atom is -0.363 e. The van der Waals surface area contributed by atoms with E-state index in [1.54, 1.807) is 18.3 Å². The van der Waals surface area contributed by atoms with Crippen LogP contribution in [0.4, 0.5) is 0 Å². The van der Waals surface area contributed by atoms with E-state index in [1.807, 2.05) is 0 Å². The molecule has 0 aromatic carbocycles. The summed E-state index contributed by atoms with van der Waals surface area (Å²) in [6.45, 7) is 0. The number of rotatable bonds is 1. The highest BCUT2D eigenvalue weighted by molar-refractivity contribution is 5.03. The van der Waals surface area contributed by atoms with Crippen molar-refractivity contribution in [2.24, 2.45) is 0 Å². The molecule has 3 nitrogen and oxygen atoms in total. The third kappa shape index (κ3) is 0.882. The molecule has 1 aromatic rings.